The molecule has 0 bridgehead atoms. The summed E-state index contributed by atoms with van der Waals surface area (Å²) in [6, 6.07) is 33.6. The number of aryl methyl sites for hydroxylation is 1. The van der Waals surface area contributed by atoms with E-state index in [9.17, 15) is 19.2 Å². The molecule has 1 aliphatic rings. The van der Waals surface area contributed by atoms with Crippen LogP contribution in [0.25, 0.3) is 17.2 Å². The van der Waals surface area contributed by atoms with Crippen LogP contribution in [0.3, 0.4) is 0 Å². The van der Waals surface area contributed by atoms with Crippen molar-refractivity contribution in [3.63, 3.8) is 0 Å². The van der Waals surface area contributed by atoms with Gasteiger partial charge in [-0.25, -0.2) is 4.79 Å². The third kappa shape index (κ3) is 9.71. The number of carbonyl (C=O) groups excluding carboxylic acids is 4. The normalized spacial score (nSPS) is 13.2. The number of carbonyl (C=O) groups is 4. The van der Waals surface area contributed by atoms with Gasteiger partial charge in [-0.05, 0) is 98.2 Å². The first-order chi connectivity index (χ1) is 25.8. The molecular formula is C43H41N3O5S2. The highest BCUT2D eigenvalue weighted by molar-refractivity contribution is 8.00. The maximum Gasteiger partial charge on any atom is 0.341 e. The minimum Gasteiger partial charge on any atom is -0.462 e. The number of ether oxygens (including phenoxy) is 1. The molecule has 0 aliphatic heterocycles. The van der Waals surface area contributed by atoms with E-state index in [1.807, 2.05) is 66.7 Å². The highest BCUT2D eigenvalue weighted by Gasteiger charge is 2.28. The number of fused-ring (bicyclic) bond motifs is 1. The van der Waals surface area contributed by atoms with Gasteiger partial charge in [-0.1, -0.05) is 85.3 Å². The van der Waals surface area contributed by atoms with Gasteiger partial charge in [-0.3, -0.25) is 14.4 Å². The van der Waals surface area contributed by atoms with Crippen molar-refractivity contribution in [1.29, 1.82) is 0 Å². The summed E-state index contributed by atoms with van der Waals surface area (Å²) in [4.78, 5) is 55.3. The summed E-state index contributed by atoms with van der Waals surface area (Å²) < 4.78 is 5.38. The summed E-state index contributed by atoms with van der Waals surface area (Å²) in [5, 5.41) is 8.76. The molecule has 53 heavy (non-hydrogen) atoms. The maximum absolute atomic E-state index is 13.8. The van der Waals surface area contributed by atoms with Crippen molar-refractivity contribution in [2.45, 2.75) is 56.1 Å². The summed E-state index contributed by atoms with van der Waals surface area (Å²) in [6.45, 7) is 3.84. The van der Waals surface area contributed by atoms with Gasteiger partial charge in [0, 0.05) is 21.0 Å². The third-order valence-electron chi connectivity index (χ3n) is 8.77. The van der Waals surface area contributed by atoms with Crippen molar-refractivity contribution in [1.82, 2.24) is 5.32 Å². The first-order valence-electron chi connectivity index (χ1n) is 17.7. The molecule has 1 aliphatic carbocycles. The molecule has 0 saturated carbocycles. The fraction of sp³-hybridized carbons (Fsp3) is 0.209. The van der Waals surface area contributed by atoms with Crippen molar-refractivity contribution in [2.24, 2.45) is 0 Å². The summed E-state index contributed by atoms with van der Waals surface area (Å²) in [7, 11) is 0. The predicted octanol–water partition coefficient (Wildman–Crippen LogP) is 9.39. The fourth-order valence-corrected chi connectivity index (χ4v) is 8.28. The smallest absolute Gasteiger partial charge is 0.341 e. The Labute approximate surface area is 318 Å². The van der Waals surface area contributed by atoms with Crippen LogP contribution in [0.2, 0.25) is 0 Å². The van der Waals surface area contributed by atoms with Crippen LogP contribution in [-0.2, 0) is 27.2 Å². The molecular weight excluding hydrogens is 703 g/mol. The van der Waals surface area contributed by atoms with Crippen LogP contribution in [0.4, 0.5) is 10.7 Å². The molecule has 0 fully saturated rings. The molecule has 3 N–H and O–H groups in total. The zero-order valence-electron chi connectivity index (χ0n) is 29.6. The summed E-state index contributed by atoms with van der Waals surface area (Å²) in [5.74, 6) is -1.55. The Hall–Kier alpha value is -5.45. The number of thioether (sulfide) groups is 1. The average molecular weight is 744 g/mol. The second-order valence-electron chi connectivity index (χ2n) is 12.6. The SMILES string of the molecule is CCOC(=O)c1c(NC(=O)C(C)Sc2cccc(NC(=O)/C(=C\c3ccc(-c4ccccc4)cc3)NC(=O)c3ccccc3)c2)sc2c1CCCCC2. The third-order valence-corrected chi connectivity index (χ3v) is 11.1. The van der Waals surface area contributed by atoms with E-state index in [4.69, 9.17) is 4.74 Å². The molecule has 3 amide bonds. The molecule has 1 aromatic heterocycles. The zero-order chi connectivity index (χ0) is 37.2. The average Bonchev–Trinajstić information content (AvgIpc) is 3.35. The molecule has 270 valence electrons. The van der Waals surface area contributed by atoms with Crippen LogP contribution in [0.15, 0.2) is 120 Å². The van der Waals surface area contributed by atoms with Crippen LogP contribution in [0, 0.1) is 0 Å². The molecule has 1 atom stereocenters. The highest BCUT2D eigenvalue weighted by Crippen LogP contribution is 2.39. The van der Waals surface area contributed by atoms with E-state index in [1.165, 1.54) is 23.1 Å². The van der Waals surface area contributed by atoms with E-state index in [0.717, 1.165) is 64.1 Å². The van der Waals surface area contributed by atoms with Crippen LogP contribution in [0.5, 0.6) is 0 Å². The Morgan fingerprint density at radius 1 is 0.811 bits per heavy atom. The van der Waals surface area contributed by atoms with Gasteiger partial charge in [0.25, 0.3) is 11.8 Å². The molecule has 8 nitrogen and oxygen atoms in total. The number of hydrogen-bond donors (Lipinski definition) is 3. The molecule has 0 saturated heterocycles. The van der Waals surface area contributed by atoms with Crippen molar-refractivity contribution in [2.75, 3.05) is 17.2 Å². The highest BCUT2D eigenvalue weighted by atomic mass is 32.2. The number of amides is 3. The second-order valence-corrected chi connectivity index (χ2v) is 15.1. The Morgan fingerprint density at radius 3 is 2.25 bits per heavy atom. The lowest BCUT2D eigenvalue weighted by atomic mass is 10.0. The fourth-order valence-electron chi connectivity index (χ4n) is 6.08. The van der Waals surface area contributed by atoms with E-state index in [-0.39, 0.29) is 18.2 Å². The first kappa shape index (κ1) is 37.3. The largest absolute Gasteiger partial charge is 0.462 e. The van der Waals surface area contributed by atoms with Crippen LogP contribution < -0.4 is 16.0 Å². The Balaban J connectivity index is 1.17. The lowest BCUT2D eigenvalue weighted by Crippen LogP contribution is -2.30. The predicted molar refractivity (Wildman–Crippen MR) is 214 cm³/mol. The van der Waals surface area contributed by atoms with E-state index in [0.29, 0.717) is 21.8 Å². The van der Waals surface area contributed by atoms with Gasteiger partial charge in [0.2, 0.25) is 5.91 Å². The number of nitrogens with one attached hydrogen (secondary N) is 3. The van der Waals surface area contributed by atoms with Gasteiger partial charge in [-0.2, -0.15) is 0 Å². The standard InChI is InChI=1S/C43H41N3O5S2/c1-3-51-43(50)38-35-20-11-6-12-21-37(35)53-42(38)46-39(47)28(2)52-34-19-13-18-33(27-34)44-41(49)36(45-40(48)32-16-9-5-10-17-32)26-29-22-24-31(25-23-29)30-14-7-4-8-15-30/h4-5,7-10,13-19,22-28H,3,6,11-12,20-21H2,1-2H3,(H,44,49)(H,45,48)(H,46,47)/b36-26+. The lowest BCUT2D eigenvalue weighted by Gasteiger charge is -2.14. The second kappa shape index (κ2) is 17.9. The number of anilines is 2. The molecule has 1 heterocycles. The van der Waals surface area contributed by atoms with E-state index < -0.39 is 23.0 Å². The Kier molecular flexibility index (Phi) is 12.6. The van der Waals surface area contributed by atoms with Crippen LogP contribution in [-0.4, -0.2) is 35.5 Å². The van der Waals surface area contributed by atoms with E-state index >= 15 is 0 Å². The molecule has 10 heteroatoms. The van der Waals surface area contributed by atoms with Crippen molar-refractivity contribution < 1.29 is 23.9 Å². The summed E-state index contributed by atoms with van der Waals surface area (Å²) in [5.41, 5.74) is 5.32. The van der Waals surface area contributed by atoms with Gasteiger partial charge in [0.1, 0.15) is 10.7 Å². The number of thiophene rings is 1. The summed E-state index contributed by atoms with van der Waals surface area (Å²) >= 11 is 2.81. The summed E-state index contributed by atoms with van der Waals surface area (Å²) in [6.07, 6.45) is 6.50. The van der Waals surface area contributed by atoms with E-state index in [1.54, 1.807) is 62.4 Å². The number of hydrogen-bond acceptors (Lipinski definition) is 7. The lowest BCUT2D eigenvalue weighted by molar-refractivity contribution is -0.115. The Morgan fingerprint density at radius 2 is 1.51 bits per heavy atom. The van der Waals surface area contributed by atoms with Crippen molar-refractivity contribution in [3.8, 4) is 11.1 Å². The van der Waals surface area contributed by atoms with Gasteiger partial charge in [0.05, 0.1) is 17.4 Å². The van der Waals surface area contributed by atoms with Crippen LogP contribution >= 0.6 is 23.1 Å². The Bertz CT molecular complexity index is 2110. The quantitative estimate of drug-likeness (QED) is 0.0508. The van der Waals surface area contributed by atoms with Crippen LogP contribution in [0.1, 0.15) is 69.8 Å². The van der Waals surface area contributed by atoms with Crippen molar-refractivity contribution >= 4 is 63.6 Å². The molecule has 0 spiro atoms. The van der Waals surface area contributed by atoms with Gasteiger partial charge >= 0.3 is 5.97 Å². The minimum atomic E-state index is -0.516. The van der Waals surface area contributed by atoms with Gasteiger partial charge in [-0.15, -0.1) is 23.1 Å². The number of esters is 1. The zero-order valence-corrected chi connectivity index (χ0v) is 31.3. The van der Waals surface area contributed by atoms with Crippen molar-refractivity contribution in [3.05, 3.63) is 142 Å². The van der Waals surface area contributed by atoms with Gasteiger partial charge < -0.3 is 20.7 Å². The molecule has 0 radical (unpaired) electrons. The number of rotatable bonds is 12. The van der Waals surface area contributed by atoms with Gasteiger partial charge in [0.15, 0.2) is 0 Å². The molecule has 4 aromatic carbocycles. The number of benzene rings is 4. The first-order valence-corrected chi connectivity index (χ1v) is 19.4. The molecule has 6 rings (SSSR count). The minimum absolute atomic E-state index is 0.0730. The maximum atomic E-state index is 13.8. The topological polar surface area (TPSA) is 114 Å². The monoisotopic (exact) mass is 743 g/mol. The molecule has 1 unspecified atom stereocenters. The molecule has 5 aromatic rings. The van der Waals surface area contributed by atoms with E-state index in [2.05, 4.69) is 16.0 Å².